The Morgan fingerprint density at radius 3 is 2.60 bits per heavy atom. The van der Waals surface area contributed by atoms with E-state index in [0.29, 0.717) is 29.1 Å². The number of benzene rings is 1. The van der Waals surface area contributed by atoms with E-state index in [2.05, 4.69) is 0 Å². The maximum atomic E-state index is 12.3. The van der Waals surface area contributed by atoms with Crippen molar-refractivity contribution in [1.29, 1.82) is 0 Å². The number of aldehydes is 1. The summed E-state index contributed by atoms with van der Waals surface area (Å²) in [6, 6.07) is 7.56. The first-order chi connectivity index (χ1) is 9.47. The number of carbonyl (C=O) groups excluding carboxylic acids is 1. The van der Waals surface area contributed by atoms with Crippen LogP contribution in [0.15, 0.2) is 39.6 Å². The minimum Gasteiger partial charge on any atom is -0.453 e. The molecule has 6 heteroatoms. The minimum atomic E-state index is -3.41. The van der Waals surface area contributed by atoms with Gasteiger partial charge in [-0.15, -0.1) is 0 Å². The zero-order valence-electron chi connectivity index (χ0n) is 10.8. The van der Waals surface area contributed by atoms with Crippen LogP contribution in [-0.4, -0.2) is 20.5 Å². The number of sulfone groups is 1. The van der Waals surface area contributed by atoms with Crippen molar-refractivity contribution in [2.45, 2.75) is 18.2 Å². The molecule has 1 aromatic carbocycles. The van der Waals surface area contributed by atoms with Crippen molar-refractivity contribution in [2.75, 3.05) is 5.75 Å². The first-order valence-electron chi connectivity index (χ1n) is 6.05. The molecule has 0 unspecified atom stereocenters. The van der Waals surface area contributed by atoms with Crippen LogP contribution in [0.3, 0.4) is 0 Å². The third-order valence-electron chi connectivity index (χ3n) is 2.76. The van der Waals surface area contributed by atoms with Gasteiger partial charge in [0.05, 0.1) is 10.6 Å². The summed E-state index contributed by atoms with van der Waals surface area (Å²) in [7, 11) is -3.41. The van der Waals surface area contributed by atoms with Crippen molar-refractivity contribution >= 4 is 27.7 Å². The fourth-order valence-corrected chi connectivity index (χ4v) is 3.61. The summed E-state index contributed by atoms with van der Waals surface area (Å²) in [5, 5.41) is 0.402. The molecule has 0 saturated carbocycles. The topological polar surface area (TPSA) is 64.3 Å². The van der Waals surface area contributed by atoms with Crippen LogP contribution in [0.2, 0.25) is 5.02 Å². The molecule has 1 aromatic heterocycles. The summed E-state index contributed by atoms with van der Waals surface area (Å²) < 4.78 is 29.8. The van der Waals surface area contributed by atoms with Gasteiger partial charge in [0.25, 0.3) is 0 Å². The average molecular weight is 313 g/mol. The molecule has 0 fully saturated rings. The van der Waals surface area contributed by atoms with Gasteiger partial charge < -0.3 is 4.42 Å². The predicted octanol–water partition coefficient (Wildman–Crippen LogP) is 3.60. The summed E-state index contributed by atoms with van der Waals surface area (Å²) in [6.07, 6.45) is 1.08. The van der Waals surface area contributed by atoms with Crippen molar-refractivity contribution in [2.24, 2.45) is 0 Å². The van der Waals surface area contributed by atoms with Crippen LogP contribution in [0.5, 0.6) is 0 Å². The first-order valence-corrected chi connectivity index (χ1v) is 8.08. The highest BCUT2D eigenvalue weighted by Gasteiger charge is 2.20. The Kier molecular flexibility index (Phi) is 4.30. The van der Waals surface area contributed by atoms with Gasteiger partial charge in [-0.2, -0.15) is 0 Å². The van der Waals surface area contributed by atoms with E-state index in [1.54, 1.807) is 13.0 Å². The number of hydrogen-bond acceptors (Lipinski definition) is 4. The molecule has 20 heavy (non-hydrogen) atoms. The van der Waals surface area contributed by atoms with Crippen LogP contribution in [-0.2, 0) is 9.84 Å². The molecule has 0 aliphatic rings. The third kappa shape index (κ3) is 2.94. The second-order valence-corrected chi connectivity index (χ2v) is 6.79. The van der Waals surface area contributed by atoms with Crippen LogP contribution >= 0.6 is 11.6 Å². The van der Waals surface area contributed by atoms with E-state index >= 15 is 0 Å². The molecule has 106 valence electrons. The fraction of sp³-hybridized carbons (Fsp3) is 0.214. The number of furan rings is 1. The molecular weight excluding hydrogens is 300 g/mol. The second kappa shape index (κ2) is 5.81. The highest BCUT2D eigenvalue weighted by Crippen LogP contribution is 2.32. The Balaban J connectivity index is 2.62. The van der Waals surface area contributed by atoms with Gasteiger partial charge >= 0.3 is 0 Å². The molecule has 0 N–H and O–H groups in total. The van der Waals surface area contributed by atoms with Gasteiger partial charge in [0.2, 0.25) is 0 Å². The van der Waals surface area contributed by atoms with Crippen molar-refractivity contribution < 1.29 is 17.6 Å². The lowest BCUT2D eigenvalue weighted by Crippen LogP contribution is -2.07. The lowest BCUT2D eigenvalue weighted by Gasteiger charge is -2.08. The van der Waals surface area contributed by atoms with Gasteiger partial charge in [-0.1, -0.05) is 18.5 Å². The summed E-state index contributed by atoms with van der Waals surface area (Å²) in [5.74, 6) is 0.492. The van der Waals surface area contributed by atoms with E-state index in [1.807, 2.05) is 0 Å². The summed E-state index contributed by atoms with van der Waals surface area (Å²) >= 11 is 5.93. The molecule has 0 radical (unpaired) electrons. The standard InChI is InChI=1S/C14H13ClO4S/c1-2-7-20(17,18)14-6-3-10(15)8-12(14)13-5-4-11(9-16)19-13/h3-6,8-9H,2,7H2,1H3. The van der Waals surface area contributed by atoms with Crippen molar-refractivity contribution in [3.8, 4) is 11.3 Å². The molecule has 0 aliphatic heterocycles. The SMILES string of the molecule is CCCS(=O)(=O)c1ccc(Cl)cc1-c1ccc(C=O)o1. The van der Waals surface area contributed by atoms with E-state index in [1.165, 1.54) is 24.3 Å². The van der Waals surface area contributed by atoms with E-state index in [-0.39, 0.29) is 16.4 Å². The smallest absolute Gasteiger partial charge is 0.185 e. The Bertz CT molecular complexity index is 731. The molecule has 0 saturated heterocycles. The van der Waals surface area contributed by atoms with Gasteiger partial charge in [0, 0.05) is 10.6 Å². The Morgan fingerprint density at radius 2 is 2.00 bits per heavy atom. The minimum absolute atomic E-state index is 0.0445. The monoisotopic (exact) mass is 312 g/mol. The number of carbonyl (C=O) groups is 1. The number of hydrogen-bond donors (Lipinski definition) is 0. The molecule has 1 heterocycles. The largest absolute Gasteiger partial charge is 0.453 e. The van der Waals surface area contributed by atoms with Gasteiger partial charge in [-0.3, -0.25) is 4.79 Å². The maximum absolute atomic E-state index is 12.3. The molecule has 4 nitrogen and oxygen atoms in total. The van der Waals surface area contributed by atoms with E-state index in [0.717, 1.165) is 0 Å². The van der Waals surface area contributed by atoms with E-state index < -0.39 is 9.84 Å². The summed E-state index contributed by atoms with van der Waals surface area (Å²) in [4.78, 5) is 10.8. The average Bonchev–Trinajstić information content (AvgIpc) is 2.87. The summed E-state index contributed by atoms with van der Waals surface area (Å²) in [6.45, 7) is 1.80. The number of halogens is 1. The zero-order valence-corrected chi connectivity index (χ0v) is 12.4. The van der Waals surface area contributed by atoms with E-state index in [9.17, 15) is 13.2 Å². The van der Waals surface area contributed by atoms with Crippen LogP contribution in [0.1, 0.15) is 23.9 Å². The molecule has 0 amide bonds. The molecule has 2 aromatic rings. The normalized spacial score (nSPS) is 11.5. The van der Waals surface area contributed by atoms with Gasteiger partial charge in [-0.25, -0.2) is 8.42 Å². The quantitative estimate of drug-likeness (QED) is 0.791. The van der Waals surface area contributed by atoms with Crippen LogP contribution in [0.25, 0.3) is 11.3 Å². The lowest BCUT2D eigenvalue weighted by atomic mass is 10.2. The number of rotatable bonds is 5. The molecule has 0 bridgehead atoms. The van der Waals surface area contributed by atoms with Gasteiger partial charge in [-0.05, 0) is 36.8 Å². The molecule has 0 spiro atoms. The Labute approximate surface area is 122 Å². The van der Waals surface area contributed by atoms with Gasteiger partial charge in [0.1, 0.15) is 5.76 Å². The third-order valence-corrected chi connectivity index (χ3v) is 4.96. The highest BCUT2D eigenvalue weighted by molar-refractivity contribution is 7.91. The van der Waals surface area contributed by atoms with Crippen LogP contribution in [0, 0.1) is 0 Å². The van der Waals surface area contributed by atoms with E-state index in [4.69, 9.17) is 16.0 Å². The van der Waals surface area contributed by atoms with Crippen LogP contribution < -0.4 is 0 Å². The second-order valence-electron chi connectivity index (χ2n) is 4.28. The maximum Gasteiger partial charge on any atom is 0.185 e. The molecule has 0 aliphatic carbocycles. The lowest BCUT2D eigenvalue weighted by molar-refractivity contribution is 0.110. The van der Waals surface area contributed by atoms with Crippen LogP contribution in [0.4, 0.5) is 0 Å². The first kappa shape index (κ1) is 14.8. The molecule has 0 atom stereocenters. The van der Waals surface area contributed by atoms with Crippen molar-refractivity contribution in [1.82, 2.24) is 0 Å². The molecular formula is C14H13ClO4S. The fourth-order valence-electron chi connectivity index (χ4n) is 1.91. The Morgan fingerprint density at radius 1 is 1.25 bits per heavy atom. The summed E-state index contributed by atoms with van der Waals surface area (Å²) in [5.41, 5.74) is 0.374. The zero-order chi connectivity index (χ0) is 14.8. The molecule has 2 rings (SSSR count). The van der Waals surface area contributed by atoms with Gasteiger partial charge in [0.15, 0.2) is 21.9 Å². The Hall–Kier alpha value is -1.59. The van der Waals surface area contributed by atoms with Crippen molar-refractivity contribution in [3.63, 3.8) is 0 Å². The van der Waals surface area contributed by atoms with Crippen molar-refractivity contribution in [3.05, 3.63) is 41.1 Å². The highest BCUT2D eigenvalue weighted by atomic mass is 35.5. The predicted molar refractivity (Wildman–Crippen MR) is 76.9 cm³/mol.